The van der Waals surface area contributed by atoms with Gasteiger partial charge in [-0.3, -0.25) is 19.1 Å². The van der Waals surface area contributed by atoms with Crippen LogP contribution in [0.1, 0.15) is 33.8 Å². The molecule has 3 rings (SSSR count). The Labute approximate surface area is 170 Å². The summed E-state index contributed by atoms with van der Waals surface area (Å²) < 4.78 is 7.20. The quantitative estimate of drug-likeness (QED) is 0.684. The van der Waals surface area contributed by atoms with Crippen molar-refractivity contribution in [1.29, 1.82) is 0 Å². The Kier molecular flexibility index (Phi) is 6.50. The maximum atomic E-state index is 12.3. The summed E-state index contributed by atoms with van der Waals surface area (Å²) in [6.45, 7) is 1.71. The third kappa shape index (κ3) is 5.22. The number of aromatic nitrogens is 2. The van der Waals surface area contributed by atoms with E-state index in [1.54, 1.807) is 28.9 Å². The molecule has 1 aliphatic rings. The summed E-state index contributed by atoms with van der Waals surface area (Å²) >= 11 is 3.13. The van der Waals surface area contributed by atoms with E-state index in [0.29, 0.717) is 35.8 Å². The van der Waals surface area contributed by atoms with Gasteiger partial charge in [0.1, 0.15) is 0 Å². The van der Waals surface area contributed by atoms with E-state index in [-0.39, 0.29) is 24.1 Å². The highest BCUT2D eigenvalue weighted by Gasteiger charge is 2.24. The van der Waals surface area contributed by atoms with Crippen LogP contribution in [-0.2, 0) is 11.8 Å². The van der Waals surface area contributed by atoms with E-state index in [9.17, 15) is 14.4 Å². The van der Waals surface area contributed by atoms with Gasteiger partial charge in [0.05, 0.1) is 18.3 Å². The number of aryl methyl sites for hydroxylation is 1. The molecule has 1 aliphatic heterocycles. The van der Waals surface area contributed by atoms with Crippen molar-refractivity contribution in [3.8, 4) is 0 Å². The van der Waals surface area contributed by atoms with E-state index in [0.717, 1.165) is 12.8 Å². The molecule has 2 aromatic heterocycles. The lowest BCUT2D eigenvalue weighted by atomic mass is 9.96. The first kappa shape index (κ1) is 20.1. The Morgan fingerprint density at radius 2 is 1.96 bits per heavy atom. The maximum Gasteiger partial charge on any atom is 0.287 e. The molecule has 9 nitrogen and oxygen atoms in total. The highest BCUT2D eigenvalue weighted by Crippen LogP contribution is 2.17. The van der Waals surface area contributed by atoms with Crippen LogP contribution in [0.5, 0.6) is 0 Å². The maximum absolute atomic E-state index is 12.3. The van der Waals surface area contributed by atoms with Crippen molar-refractivity contribution < 1.29 is 18.8 Å². The summed E-state index contributed by atoms with van der Waals surface area (Å²) in [7, 11) is 1.76. The number of halogens is 1. The number of carbonyl (C=O) groups is 3. The third-order valence-corrected chi connectivity index (χ3v) is 5.11. The topological polar surface area (TPSA) is 109 Å². The molecule has 3 heterocycles. The molecular weight excluding hydrogens is 430 g/mol. The number of nitrogens with one attached hydrogen (secondary N) is 2. The molecule has 150 valence electrons. The molecule has 0 spiro atoms. The molecule has 0 aromatic carbocycles. The van der Waals surface area contributed by atoms with Gasteiger partial charge in [-0.25, -0.2) is 0 Å². The van der Waals surface area contributed by atoms with Gasteiger partial charge in [0.25, 0.3) is 11.8 Å². The van der Waals surface area contributed by atoms with Crippen LogP contribution in [0.25, 0.3) is 0 Å². The van der Waals surface area contributed by atoms with Crippen molar-refractivity contribution in [3.05, 3.63) is 40.5 Å². The van der Waals surface area contributed by atoms with Crippen LogP contribution < -0.4 is 10.6 Å². The predicted molar refractivity (Wildman–Crippen MR) is 104 cm³/mol. The fourth-order valence-electron chi connectivity index (χ4n) is 3.06. The molecule has 0 radical (unpaired) electrons. The first-order valence-electron chi connectivity index (χ1n) is 9.00. The molecule has 0 aliphatic carbocycles. The van der Waals surface area contributed by atoms with Crippen LogP contribution >= 0.6 is 15.9 Å². The van der Waals surface area contributed by atoms with Gasteiger partial charge in [0.15, 0.2) is 10.4 Å². The Bertz CT molecular complexity index is 854. The fourth-order valence-corrected chi connectivity index (χ4v) is 3.36. The summed E-state index contributed by atoms with van der Waals surface area (Å²) in [6, 6.07) is 3.16. The zero-order valence-corrected chi connectivity index (χ0v) is 17.1. The largest absolute Gasteiger partial charge is 0.444 e. The molecule has 1 fully saturated rings. The Morgan fingerprint density at radius 3 is 2.57 bits per heavy atom. The number of furan rings is 1. The number of hydrogen-bond acceptors (Lipinski definition) is 5. The van der Waals surface area contributed by atoms with Crippen LogP contribution in [0.4, 0.5) is 0 Å². The second-order valence-electron chi connectivity index (χ2n) is 6.72. The lowest BCUT2D eigenvalue weighted by molar-refractivity contribution is -0.131. The highest BCUT2D eigenvalue weighted by molar-refractivity contribution is 9.10. The molecule has 10 heteroatoms. The summed E-state index contributed by atoms with van der Waals surface area (Å²) in [5.74, 6) is -0.217. The summed E-state index contributed by atoms with van der Waals surface area (Å²) in [4.78, 5) is 38.0. The Morgan fingerprint density at radius 1 is 1.21 bits per heavy atom. The zero-order chi connectivity index (χ0) is 20.1. The molecule has 2 aromatic rings. The first-order valence-corrected chi connectivity index (χ1v) is 9.80. The molecule has 28 heavy (non-hydrogen) atoms. The third-order valence-electron chi connectivity index (χ3n) is 4.68. The van der Waals surface area contributed by atoms with Gasteiger partial charge >= 0.3 is 0 Å². The zero-order valence-electron chi connectivity index (χ0n) is 15.5. The number of rotatable bonds is 6. The number of carbonyl (C=O) groups excluding carboxylic acids is 3. The summed E-state index contributed by atoms with van der Waals surface area (Å²) in [5, 5.41) is 9.48. The number of piperidine rings is 1. The molecular formula is C18H22BrN5O4. The molecule has 2 N–H and O–H groups in total. The minimum Gasteiger partial charge on any atom is -0.444 e. The van der Waals surface area contributed by atoms with E-state index >= 15 is 0 Å². The standard InChI is InChI=1S/C18H22BrN5O4/c1-23-11-13(9-22-23)17(26)20-8-12-4-6-24(7-5-12)16(25)10-21-18(27)14-2-3-15(19)28-14/h2-3,9,11-12H,4-8,10H2,1H3,(H,20,26)(H,21,27). The van der Waals surface area contributed by atoms with Crippen molar-refractivity contribution in [2.45, 2.75) is 12.8 Å². The smallest absolute Gasteiger partial charge is 0.287 e. The van der Waals surface area contributed by atoms with Gasteiger partial charge in [-0.05, 0) is 46.8 Å². The van der Waals surface area contributed by atoms with Gasteiger partial charge in [-0.1, -0.05) is 0 Å². The van der Waals surface area contributed by atoms with Gasteiger partial charge in [-0.15, -0.1) is 0 Å². The second-order valence-corrected chi connectivity index (χ2v) is 7.50. The minimum atomic E-state index is -0.424. The molecule has 0 unspecified atom stereocenters. The lowest BCUT2D eigenvalue weighted by Gasteiger charge is -2.32. The normalized spacial score (nSPS) is 14.7. The number of likely N-dealkylation sites (tertiary alicyclic amines) is 1. The molecule has 0 saturated carbocycles. The van der Waals surface area contributed by atoms with Gasteiger partial charge in [0.2, 0.25) is 5.91 Å². The van der Waals surface area contributed by atoms with Crippen LogP contribution in [0.2, 0.25) is 0 Å². The van der Waals surface area contributed by atoms with E-state index < -0.39 is 5.91 Å². The monoisotopic (exact) mass is 451 g/mol. The lowest BCUT2D eigenvalue weighted by Crippen LogP contribution is -2.45. The SMILES string of the molecule is Cn1cc(C(=O)NCC2CCN(C(=O)CNC(=O)c3ccc(Br)o3)CC2)cn1. The predicted octanol–water partition coefficient (Wildman–Crippen LogP) is 1.17. The van der Waals surface area contributed by atoms with E-state index in [2.05, 4.69) is 31.7 Å². The highest BCUT2D eigenvalue weighted by atomic mass is 79.9. The number of hydrogen-bond donors (Lipinski definition) is 2. The van der Waals surface area contributed by atoms with E-state index in [1.807, 2.05) is 0 Å². The van der Waals surface area contributed by atoms with Gasteiger partial charge in [-0.2, -0.15) is 5.10 Å². The van der Waals surface area contributed by atoms with Crippen LogP contribution in [-0.4, -0.2) is 58.6 Å². The minimum absolute atomic E-state index is 0.0699. The summed E-state index contributed by atoms with van der Waals surface area (Å²) in [6.07, 6.45) is 4.81. The number of amides is 3. The van der Waals surface area contributed by atoms with Gasteiger partial charge in [0, 0.05) is 32.9 Å². The first-order chi connectivity index (χ1) is 13.4. The Balaban J connectivity index is 1.36. The molecule has 0 bridgehead atoms. The van der Waals surface area contributed by atoms with Crippen LogP contribution in [0, 0.1) is 5.92 Å². The molecule has 0 atom stereocenters. The van der Waals surface area contributed by atoms with Crippen LogP contribution in [0.15, 0.2) is 33.6 Å². The molecule has 1 saturated heterocycles. The van der Waals surface area contributed by atoms with E-state index in [4.69, 9.17) is 4.42 Å². The average Bonchev–Trinajstić information content (AvgIpc) is 3.32. The average molecular weight is 452 g/mol. The van der Waals surface area contributed by atoms with Crippen molar-refractivity contribution in [3.63, 3.8) is 0 Å². The Hall–Kier alpha value is -2.62. The van der Waals surface area contributed by atoms with Crippen molar-refractivity contribution >= 4 is 33.7 Å². The van der Waals surface area contributed by atoms with Crippen LogP contribution in [0.3, 0.4) is 0 Å². The van der Waals surface area contributed by atoms with Crippen molar-refractivity contribution in [1.82, 2.24) is 25.3 Å². The summed E-state index contributed by atoms with van der Waals surface area (Å²) in [5.41, 5.74) is 0.537. The van der Waals surface area contributed by atoms with Crippen molar-refractivity contribution in [2.75, 3.05) is 26.2 Å². The van der Waals surface area contributed by atoms with E-state index in [1.165, 1.54) is 12.3 Å². The fraction of sp³-hybridized carbons (Fsp3) is 0.444. The van der Waals surface area contributed by atoms with Gasteiger partial charge < -0.3 is 20.0 Å². The number of nitrogens with zero attached hydrogens (tertiary/aromatic N) is 3. The molecule has 3 amide bonds. The second kappa shape index (κ2) is 9.05. The van der Waals surface area contributed by atoms with Crippen molar-refractivity contribution in [2.24, 2.45) is 13.0 Å².